The molecule has 1 nitrogen and oxygen atoms in total. The van der Waals surface area contributed by atoms with Crippen molar-refractivity contribution in [3.63, 3.8) is 0 Å². The minimum atomic E-state index is 0.404. The lowest BCUT2D eigenvalue weighted by atomic mass is 9.58. The van der Waals surface area contributed by atoms with Crippen molar-refractivity contribution in [3.8, 4) is 0 Å². The molecule has 4 atom stereocenters. The summed E-state index contributed by atoms with van der Waals surface area (Å²) in [6.45, 7) is 6.74. The van der Waals surface area contributed by atoms with Crippen LogP contribution >= 0.6 is 0 Å². The van der Waals surface area contributed by atoms with E-state index in [1.54, 1.807) is 0 Å². The molecule has 0 aliphatic heterocycles. The number of nitrogens with two attached hydrogens (primary N) is 1. The van der Waals surface area contributed by atoms with E-state index in [0.29, 0.717) is 23.8 Å². The van der Waals surface area contributed by atoms with Crippen LogP contribution in [0.3, 0.4) is 0 Å². The van der Waals surface area contributed by atoms with Crippen LogP contribution in [0, 0.1) is 11.8 Å². The number of aryl methyl sites for hydroxylation is 1. The van der Waals surface area contributed by atoms with Gasteiger partial charge in [0.05, 0.1) is 0 Å². The van der Waals surface area contributed by atoms with Crippen LogP contribution in [-0.2, 0) is 6.42 Å². The molecule has 1 aliphatic carbocycles. The summed E-state index contributed by atoms with van der Waals surface area (Å²) < 4.78 is 0. The molecule has 1 saturated carbocycles. The third-order valence-electron chi connectivity index (χ3n) is 4.37. The highest BCUT2D eigenvalue weighted by atomic mass is 14.7. The van der Waals surface area contributed by atoms with Crippen molar-refractivity contribution in [2.24, 2.45) is 17.6 Å². The summed E-state index contributed by atoms with van der Waals surface area (Å²) >= 11 is 0. The second-order valence-corrected chi connectivity index (χ2v) is 5.13. The van der Waals surface area contributed by atoms with E-state index in [-0.39, 0.29) is 0 Å². The molecule has 0 amide bonds. The van der Waals surface area contributed by atoms with Gasteiger partial charge in [-0.3, -0.25) is 0 Å². The van der Waals surface area contributed by atoms with E-state index < -0.39 is 0 Å². The third kappa shape index (κ3) is 1.78. The van der Waals surface area contributed by atoms with Crippen molar-refractivity contribution in [1.82, 2.24) is 0 Å². The molecular formula is C15H23N. The highest BCUT2D eigenvalue weighted by Crippen LogP contribution is 2.48. The van der Waals surface area contributed by atoms with Crippen LogP contribution in [-0.4, -0.2) is 6.04 Å². The molecule has 1 aromatic rings. The first kappa shape index (κ1) is 11.7. The molecule has 0 bridgehead atoms. The summed E-state index contributed by atoms with van der Waals surface area (Å²) in [6, 6.07) is 9.53. The Balaban J connectivity index is 2.17. The number of rotatable bonds is 3. The Kier molecular flexibility index (Phi) is 3.34. The van der Waals surface area contributed by atoms with Gasteiger partial charge in [-0.15, -0.1) is 0 Å². The molecule has 1 fully saturated rings. The van der Waals surface area contributed by atoms with Crippen LogP contribution in [0.5, 0.6) is 0 Å². The first-order valence-electron chi connectivity index (χ1n) is 6.53. The predicted molar refractivity (Wildman–Crippen MR) is 69.5 cm³/mol. The molecule has 1 heteroatoms. The minimum absolute atomic E-state index is 0.404. The van der Waals surface area contributed by atoms with Gasteiger partial charge >= 0.3 is 0 Å². The quantitative estimate of drug-likeness (QED) is 0.825. The Morgan fingerprint density at radius 2 is 1.75 bits per heavy atom. The molecule has 0 heterocycles. The molecule has 0 radical (unpaired) electrons. The minimum Gasteiger partial charge on any atom is -0.327 e. The van der Waals surface area contributed by atoms with Gasteiger partial charge in [-0.1, -0.05) is 51.5 Å². The Morgan fingerprint density at radius 1 is 1.12 bits per heavy atom. The van der Waals surface area contributed by atoms with Gasteiger partial charge in [0.2, 0.25) is 0 Å². The largest absolute Gasteiger partial charge is 0.327 e. The first-order valence-corrected chi connectivity index (χ1v) is 6.53. The molecule has 1 aromatic carbocycles. The van der Waals surface area contributed by atoms with Crippen molar-refractivity contribution < 1.29 is 0 Å². The van der Waals surface area contributed by atoms with Crippen LogP contribution in [0.2, 0.25) is 0 Å². The molecular weight excluding hydrogens is 194 g/mol. The highest BCUT2D eigenvalue weighted by molar-refractivity contribution is 5.29. The monoisotopic (exact) mass is 217 g/mol. The van der Waals surface area contributed by atoms with E-state index in [0.717, 1.165) is 6.42 Å². The first-order chi connectivity index (χ1) is 7.69. The zero-order valence-electron chi connectivity index (χ0n) is 10.6. The van der Waals surface area contributed by atoms with E-state index in [9.17, 15) is 0 Å². The van der Waals surface area contributed by atoms with Gasteiger partial charge in [0, 0.05) is 6.04 Å². The lowest BCUT2D eigenvalue weighted by molar-refractivity contribution is 0.109. The number of hydrogen-bond acceptors (Lipinski definition) is 1. The van der Waals surface area contributed by atoms with E-state index in [2.05, 4.69) is 45.0 Å². The maximum Gasteiger partial charge on any atom is 0.0105 e. The zero-order valence-corrected chi connectivity index (χ0v) is 10.6. The van der Waals surface area contributed by atoms with Crippen molar-refractivity contribution in [3.05, 3.63) is 35.4 Å². The van der Waals surface area contributed by atoms with Crippen LogP contribution in [0.25, 0.3) is 0 Å². The number of benzene rings is 1. The summed E-state index contributed by atoms with van der Waals surface area (Å²) in [5.41, 5.74) is 9.07. The normalized spacial score (nSPS) is 33.5. The van der Waals surface area contributed by atoms with Crippen molar-refractivity contribution in [1.29, 1.82) is 0 Å². The summed E-state index contributed by atoms with van der Waals surface area (Å²) in [6.07, 6.45) is 2.32. The van der Waals surface area contributed by atoms with Gasteiger partial charge in [0.25, 0.3) is 0 Å². The Hall–Kier alpha value is -0.820. The molecule has 0 spiro atoms. The van der Waals surface area contributed by atoms with E-state index in [1.807, 2.05) is 0 Å². The van der Waals surface area contributed by atoms with Gasteiger partial charge < -0.3 is 5.73 Å². The topological polar surface area (TPSA) is 26.0 Å². The van der Waals surface area contributed by atoms with Gasteiger partial charge in [-0.25, -0.2) is 0 Å². The fourth-order valence-electron chi connectivity index (χ4n) is 3.17. The van der Waals surface area contributed by atoms with Crippen LogP contribution in [0.1, 0.15) is 44.2 Å². The zero-order chi connectivity index (χ0) is 11.7. The third-order valence-corrected chi connectivity index (χ3v) is 4.37. The van der Waals surface area contributed by atoms with Crippen molar-refractivity contribution >= 4 is 0 Å². The van der Waals surface area contributed by atoms with E-state index in [4.69, 9.17) is 5.73 Å². The molecule has 2 rings (SSSR count). The van der Waals surface area contributed by atoms with E-state index in [1.165, 1.54) is 17.5 Å². The average Bonchev–Trinajstić information content (AvgIpc) is 2.34. The molecule has 88 valence electrons. The molecule has 4 unspecified atom stereocenters. The highest BCUT2D eigenvalue weighted by Gasteiger charge is 2.44. The van der Waals surface area contributed by atoms with Gasteiger partial charge in [-0.05, 0) is 35.3 Å². The molecule has 1 aliphatic rings. The van der Waals surface area contributed by atoms with Crippen LogP contribution < -0.4 is 5.73 Å². The summed E-state index contributed by atoms with van der Waals surface area (Å²) in [5.74, 6) is 2.01. The lowest BCUT2D eigenvalue weighted by Gasteiger charge is -2.49. The fraction of sp³-hybridized carbons (Fsp3) is 0.600. The maximum atomic E-state index is 6.16. The second kappa shape index (κ2) is 4.58. The fourth-order valence-corrected chi connectivity index (χ4v) is 3.17. The van der Waals surface area contributed by atoms with E-state index >= 15 is 0 Å². The Morgan fingerprint density at radius 3 is 2.25 bits per heavy atom. The lowest BCUT2D eigenvalue weighted by Crippen LogP contribution is -2.53. The van der Waals surface area contributed by atoms with Crippen molar-refractivity contribution in [2.75, 3.05) is 0 Å². The number of hydrogen-bond donors (Lipinski definition) is 1. The van der Waals surface area contributed by atoms with Gasteiger partial charge in [0.15, 0.2) is 0 Å². The van der Waals surface area contributed by atoms with Gasteiger partial charge in [-0.2, -0.15) is 0 Å². The summed E-state index contributed by atoms with van der Waals surface area (Å²) in [7, 11) is 0. The van der Waals surface area contributed by atoms with Gasteiger partial charge in [0.1, 0.15) is 0 Å². The SMILES string of the molecule is CCc1ccc(C2C(C)C(N)C2CC)cc1. The maximum absolute atomic E-state index is 6.16. The summed E-state index contributed by atoms with van der Waals surface area (Å²) in [5, 5.41) is 0. The summed E-state index contributed by atoms with van der Waals surface area (Å²) in [4.78, 5) is 0. The Labute approximate surface area is 99.0 Å². The second-order valence-electron chi connectivity index (χ2n) is 5.13. The van der Waals surface area contributed by atoms with Crippen LogP contribution in [0.15, 0.2) is 24.3 Å². The van der Waals surface area contributed by atoms with Crippen molar-refractivity contribution in [2.45, 2.75) is 45.6 Å². The average molecular weight is 217 g/mol. The molecule has 2 N–H and O–H groups in total. The molecule has 0 aromatic heterocycles. The smallest absolute Gasteiger partial charge is 0.0105 e. The standard InChI is InChI=1S/C15H23N/c1-4-11-6-8-12(9-7-11)14-10(3)15(16)13(14)5-2/h6-10,13-15H,4-5,16H2,1-3H3. The Bertz CT molecular complexity index is 341. The predicted octanol–water partition coefficient (Wildman–Crippen LogP) is 3.34. The molecule has 0 saturated heterocycles. The molecule has 16 heavy (non-hydrogen) atoms. The van der Waals surface area contributed by atoms with Crippen LogP contribution in [0.4, 0.5) is 0 Å².